The van der Waals surface area contributed by atoms with Gasteiger partial charge in [-0.2, -0.15) is 0 Å². The summed E-state index contributed by atoms with van der Waals surface area (Å²) >= 11 is 3.13. The van der Waals surface area contributed by atoms with Gasteiger partial charge in [0.25, 0.3) is 0 Å². The number of methoxy groups -OCH3 is 2. The largest absolute Gasteiger partial charge is 0.480 e. The number of carbonyl (C=O) groups is 1. The first-order valence-electron chi connectivity index (χ1n) is 5.22. The molecule has 0 aliphatic heterocycles. The molecule has 7 heteroatoms. The summed E-state index contributed by atoms with van der Waals surface area (Å²) in [4.78, 5) is 20.4. The van der Waals surface area contributed by atoms with E-state index >= 15 is 0 Å². The third kappa shape index (κ3) is 2.73. The van der Waals surface area contributed by atoms with Gasteiger partial charge in [-0.3, -0.25) is 4.79 Å². The van der Waals surface area contributed by atoms with E-state index in [2.05, 4.69) is 14.7 Å². The van der Waals surface area contributed by atoms with Crippen molar-refractivity contribution in [2.45, 2.75) is 11.3 Å². The molecule has 96 valence electrons. The molecular formula is C11H12N2O3S2. The lowest BCUT2D eigenvalue weighted by Gasteiger charge is -2.00. The Balaban J connectivity index is 2.12. The molecule has 0 amide bonds. The van der Waals surface area contributed by atoms with Crippen molar-refractivity contribution in [1.82, 2.24) is 9.97 Å². The Bertz CT molecular complexity index is 556. The van der Waals surface area contributed by atoms with Crippen molar-refractivity contribution in [3.63, 3.8) is 0 Å². The maximum Gasteiger partial charge on any atom is 0.306 e. The van der Waals surface area contributed by atoms with Crippen molar-refractivity contribution in [1.29, 1.82) is 0 Å². The predicted octanol–water partition coefficient (Wildman–Crippen LogP) is 2.36. The number of esters is 1. The zero-order chi connectivity index (χ0) is 13.0. The van der Waals surface area contributed by atoms with Crippen LogP contribution in [0.25, 0.3) is 10.2 Å². The minimum Gasteiger partial charge on any atom is -0.480 e. The summed E-state index contributed by atoms with van der Waals surface area (Å²) in [6.07, 6.45) is 1.87. The van der Waals surface area contributed by atoms with Gasteiger partial charge >= 0.3 is 5.97 Å². The van der Waals surface area contributed by atoms with Gasteiger partial charge in [0, 0.05) is 16.0 Å². The third-order valence-corrected chi connectivity index (χ3v) is 4.41. The first-order chi connectivity index (χ1) is 8.76. The average Bonchev–Trinajstić information content (AvgIpc) is 2.82. The lowest BCUT2D eigenvalue weighted by molar-refractivity contribution is -0.140. The molecule has 0 spiro atoms. The maximum absolute atomic E-state index is 11.0. The van der Waals surface area contributed by atoms with Crippen molar-refractivity contribution >= 4 is 39.3 Å². The molecule has 0 atom stereocenters. The van der Waals surface area contributed by atoms with Gasteiger partial charge in [-0.15, -0.1) is 23.1 Å². The first-order valence-corrected chi connectivity index (χ1v) is 7.08. The summed E-state index contributed by atoms with van der Waals surface area (Å²) in [7, 11) is 2.98. The molecule has 0 saturated heterocycles. The molecule has 0 radical (unpaired) electrons. The van der Waals surface area contributed by atoms with Gasteiger partial charge in [0.1, 0.15) is 16.5 Å². The van der Waals surface area contributed by atoms with Crippen LogP contribution < -0.4 is 4.74 Å². The van der Waals surface area contributed by atoms with Crippen LogP contribution in [-0.2, 0) is 9.53 Å². The molecule has 0 unspecified atom stereocenters. The second-order valence-electron chi connectivity index (χ2n) is 3.34. The van der Waals surface area contributed by atoms with E-state index in [4.69, 9.17) is 4.74 Å². The molecule has 0 aliphatic carbocycles. The Labute approximate surface area is 113 Å². The van der Waals surface area contributed by atoms with E-state index in [0.717, 1.165) is 15.1 Å². The number of carbonyl (C=O) groups excluding carboxylic acids is 1. The smallest absolute Gasteiger partial charge is 0.306 e. The molecule has 0 bridgehead atoms. The molecule has 0 fully saturated rings. The number of hydrogen-bond acceptors (Lipinski definition) is 7. The summed E-state index contributed by atoms with van der Waals surface area (Å²) in [6.45, 7) is 0. The number of aromatic nitrogens is 2. The Hall–Kier alpha value is -1.34. The van der Waals surface area contributed by atoms with Crippen molar-refractivity contribution < 1.29 is 14.3 Å². The fourth-order valence-electron chi connectivity index (χ4n) is 1.40. The number of rotatable bonds is 5. The fourth-order valence-corrected chi connectivity index (χ4v) is 3.51. The number of nitrogens with zero attached hydrogens (tertiary/aromatic N) is 2. The van der Waals surface area contributed by atoms with Crippen LogP contribution in [0.15, 0.2) is 16.6 Å². The predicted molar refractivity (Wildman–Crippen MR) is 71.3 cm³/mol. The molecule has 2 aromatic heterocycles. The average molecular weight is 284 g/mol. The Morgan fingerprint density at radius 1 is 1.44 bits per heavy atom. The van der Waals surface area contributed by atoms with Gasteiger partial charge in [0.2, 0.25) is 5.88 Å². The number of thiophene rings is 1. The van der Waals surface area contributed by atoms with E-state index in [1.54, 1.807) is 30.2 Å². The minimum absolute atomic E-state index is 0.200. The first kappa shape index (κ1) is 13.1. The van der Waals surface area contributed by atoms with Gasteiger partial charge < -0.3 is 9.47 Å². The Morgan fingerprint density at radius 2 is 2.28 bits per heavy atom. The molecule has 0 saturated carbocycles. The standard InChI is InChI=1S/C11H12N2O3S2/c1-15-8(14)3-4-17-7-5-18-10-9(7)12-6-13-11(10)16-2/h5-6H,3-4H2,1-2H3. The molecular weight excluding hydrogens is 272 g/mol. The number of fused-ring (bicyclic) bond motifs is 1. The van der Waals surface area contributed by atoms with E-state index in [1.165, 1.54) is 13.4 Å². The van der Waals surface area contributed by atoms with E-state index in [-0.39, 0.29) is 5.97 Å². The van der Waals surface area contributed by atoms with Crippen molar-refractivity contribution in [2.75, 3.05) is 20.0 Å². The highest BCUT2D eigenvalue weighted by Crippen LogP contribution is 2.35. The SMILES string of the molecule is COC(=O)CCSc1csc2c(OC)ncnc12. The topological polar surface area (TPSA) is 61.3 Å². The zero-order valence-corrected chi connectivity index (χ0v) is 11.6. The summed E-state index contributed by atoms with van der Waals surface area (Å²) in [5.41, 5.74) is 0.877. The fraction of sp³-hybridized carbons (Fsp3) is 0.364. The normalized spacial score (nSPS) is 10.6. The molecule has 0 aliphatic rings. The highest BCUT2D eigenvalue weighted by atomic mass is 32.2. The lowest BCUT2D eigenvalue weighted by atomic mass is 10.5. The van der Waals surface area contributed by atoms with Gasteiger partial charge in [-0.1, -0.05) is 0 Å². The molecule has 2 heterocycles. The molecule has 18 heavy (non-hydrogen) atoms. The van der Waals surface area contributed by atoms with Gasteiger partial charge in [0.15, 0.2) is 0 Å². The van der Waals surface area contributed by atoms with E-state index in [0.29, 0.717) is 18.1 Å². The highest BCUT2D eigenvalue weighted by molar-refractivity contribution is 7.99. The monoisotopic (exact) mass is 284 g/mol. The molecule has 2 aromatic rings. The molecule has 0 aromatic carbocycles. The third-order valence-electron chi connectivity index (χ3n) is 2.27. The number of ether oxygens (including phenoxy) is 2. The lowest BCUT2D eigenvalue weighted by Crippen LogP contribution is -2.00. The minimum atomic E-state index is -0.200. The maximum atomic E-state index is 11.0. The summed E-state index contributed by atoms with van der Waals surface area (Å²) in [5, 5.41) is 2.00. The Morgan fingerprint density at radius 3 is 3.00 bits per heavy atom. The van der Waals surface area contributed by atoms with Crippen LogP contribution in [0.3, 0.4) is 0 Å². The van der Waals surface area contributed by atoms with Crippen LogP contribution in [-0.4, -0.2) is 35.9 Å². The number of thioether (sulfide) groups is 1. The summed E-state index contributed by atoms with van der Waals surface area (Å²) in [5.74, 6) is 1.06. The van der Waals surface area contributed by atoms with E-state index in [1.807, 2.05) is 5.38 Å². The summed E-state index contributed by atoms with van der Waals surface area (Å²) in [6, 6.07) is 0. The van der Waals surface area contributed by atoms with Crippen LogP contribution in [0.1, 0.15) is 6.42 Å². The molecule has 0 N–H and O–H groups in total. The van der Waals surface area contributed by atoms with Crippen molar-refractivity contribution in [3.05, 3.63) is 11.7 Å². The molecule has 2 rings (SSSR count). The second kappa shape index (κ2) is 6.01. The van der Waals surface area contributed by atoms with Gasteiger partial charge in [-0.25, -0.2) is 9.97 Å². The van der Waals surface area contributed by atoms with Crippen LogP contribution in [0.4, 0.5) is 0 Å². The Kier molecular flexibility index (Phi) is 4.38. The highest BCUT2D eigenvalue weighted by Gasteiger charge is 2.11. The van der Waals surface area contributed by atoms with Gasteiger partial charge in [-0.05, 0) is 0 Å². The van der Waals surface area contributed by atoms with Crippen LogP contribution in [0, 0.1) is 0 Å². The number of hydrogen-bond donors (Lipinski definition) is 0. The molecule has 5 nitrogen and oxygen atoms in total. The quantitative estimate of drug-likeness (QED) is 0.620. The second-order valence-corrected chi connectivity index (χ2v) is 5.35. The van der Waals surface area contributed by atoms with Gasteiger partial charge in [0.05, 0.1) is 20.6 Å². The zero-order valence-electron chi connectivity index (χ0n) is 10.0. The van der Waals surface area contributed by atoms with E-state index in [9.17, 15) is 4.79 Å². The van der Waals surface area contributed by atoms with Crippen LogP contribution in [0.2, 0.25) is 0 Å². The van der Waals surface area contributed by atoms with Crippen LogP contribution >= 0.6 is 23.1 Å². The summed E-state index contributed by atoms with van der Waals surface area (Å²) < 4.78 is 10.7. The van der Waals surface area contributed by atoms with Crippen molar-refractivity contribution in [2.24, 2.45) is 0 Å². The van der Waals surface area contributed by atoms with Crippen molar-refractivity contribution in [3.8, 4) is 5.88 Å². The van der Waals surface area contributed by atoms with Crippen LogP contribution in [0.5, 0.6) is 5.88 Å². The van der Waals surface area contributed by atoms with E-state index < -0.39 is 0 Å².